The molecule has 3 heterocycles. The van der Waals surface area contributed by atoms with Gasteiger partial charge in [-0.05, 0) is 6.42 Å². The summed E-state index contributed by atoms with van der Waals surface area (Å²) in [5.74, 6) is 1.97. The maximum Gasteiger partial charge on any atom is 0.312 e. The number of imidazole rings is 1. The number of terminal acetylenes is 1. The molecule has 9 nitrogen and oxygen atoms in total. The molecule has 3 atom stereocenters. The second kappa shape index (κ2) is 18.0. The first kappa shape index (κ1) is 33.7. The minimum atomic E-state index is -1.53. The number of carbonyl (C=O) groups excluding carboxylic acids is 1. The van der Waals surface area contributed by atoms with Gasteiger partial charge in [-0.1, -0.05) is 116 Å². The number of nitrogen functional groups attached to an aromatic ring is 1. The third-order valence-corrected chi connectivity index (χ3v) is 8.25. The van der Waals surface area contributed by atoms with Gasteiger partial charge in [-0.15, -0.1) is 6.42 Å². The number of ether oxygens (including phenoxy) is 2. The first-order valence-electron chi connectivity index (χ1n) is 16.1. The highest BCUT2D eigenvalue weighted by Crippen LogP contribution is 2.39. The average molecular weight is 588 g/mol. The lowest BCUT2D eigenvalue weighted by Crippen LogP contribution is -2.44. The zero-order chi connectivity index (χ0) is 30.2. The highest BCUT2D eigenvalue weighted by Gasteiger charge is 2.51. The second-order valence-corrected chi connectivity index (χ2v) is 11.6. The van der Waals surface area contributed by atoms with Crippen LogP contribution in [-0.2, 0) is 14.3 Å². The molecule has 0 aromatic carbocycles. The standard InChI is InChI=1S/C32H50FN5O4/c1-3-5-6-7-8-9-10-11-12-13-14-15-16-17-18-19-20-21-27(40)41-25-22-26(42-32(25,4-2)23-39)38-24-35-28-29(34)36-31(33)37-30(28)38/h2,24-26,39H,3,5-23H2,1H3,(H2,34,36,37)/t25-,26+,32+/m0/s1. The lowest BCUT2D eigenvalue weighted by atomic mass is 9.98. The van der Waals surface area contributed by atoms with Gasteiger partial charge in [0.25, 0.3) is 0 Å². The highest BCUT2D eigenvalue weighted by atomic mass is 19.1. The number of fused-ring (bicyclic) bond motifs is 1. The number of rotatable bonds is 21. The van der Waals surface area contributed by atoms with Crippen molar-refractivity contribution in [3.8, 4) is 12.3 Å². The number of nitrogens with two attached hydrogens (primary N) is 1. The van der Waals surface area contributed by atoms with Crippen molar-refractivity contribution in [2.75, 3.05) is 12.3 Å². The fourth-order valence-corrected chi connectivity index (χ4v) is 5.70. The molecule has 3 N–H and O–H groups in total. The van der Waals surface area contributed by atoms with Gasteiger partial charge in [0, 0.05) is 12.8 Å². The van der Waals surface area contributed by atoms with Crippen molar-refractivity contribution in [2.45, 2.75) is 147 Å². The Hall–Kier alpha value is -2.77. The summed E-state index contributed by atoms with van der Waals surface area (Å²) >= 11 is 0. The number of aromatic nitrogens is 4. The van der Waals surface area contributed by atoms with Crippen LogP contribution in [0, 0.1) is 18.4 Å². The summed E-state index contributed by atoms with van der Waals surface area (Å²) in [5, 5.41) is 10.1. The van der Waals surface area contributed by atoms with Gasteiger partial charge in [0.2, 0.25) is 0 Å². The summed E-state index contributed by atoms with van der Waals surface area (Å²) in [6.07, 6.45) is 26.5. The Labute approximate surface area is 250 Å². The van der Waals surface area contributed by atoms with Crippen LogP contribution < -0.4 is 5.73 Å². The second-order valence-electron chi connectivity index (χ2n) is 11.6. The molecule has 10 heteroatoms. The minimum Gasteiger partial charge on any atom is -0.458 e. The molecule has 2 aromatic heterocycles. The Kier molecular flexibility index (Phi) is 14.5. The van der Waals surface area contributed by atoms with E-state index in [1.54, 1.807) is 0 Å². The molecule has 3 rings (SSSR count). The van der Waals surface area contributed by atoms with E-state index in [4.69, 9.17) is 21.6 Å². The van der Waals surface area contributed by atoms with E-state index in [1.165, 1.54) is 101 Å². The van der Waals surface area contributed by atoms with Gasteiger partial charge in [-0.25, -0.2) is 4.98 Å². The molecule has 1 saturated heterocycles. The minimum absolute atomic E-state index is 0.100. The highest BCUT2D eigenvalue weighted by molar-refractivity contribution is 5.81. The van der Waals surface area contributed by atoms with Crippen molar-refractivity contribution in [1.29, 1.82) is 0 Å². The van der Waals surface area contributed by atoms with Crippen molar-refractivity contribution in [3.63, 3.8) is 0 Å². The van der Waals surface area contributed by atoms with Gasteiger partial charge in [-0.2, -0.15) is 14.4 Å². The molecular formula is C32H50FN5O4. The van der Waals surface area contributed by atoms with E-state index in [-0.39, 0.29) is 35.8 Å². The van der Waals surface area contributed by atoms with Crippen LogP contribution in [0.3, 0.4) is 0 Å². The number of anilines is 1. The molecule has 0 unspecified atom stereocenters. The average Bonchev–Trinajstić information content (AvgIpc) is 3.56. The van der Waals surface area contributed by atoms with Crippen LogP contribution in [0.4, 0.5) is 10.2 Å². The van der Waals surface area contributed by atoms with Crippen LogP contribution in [0.25, 0.3) is 11.2 Å². The van der Waals surface area contributed by atoms with Crippen molar-refractivity contribution >= 4 is 23.0 Å². The number of carbonyl (C=O) groups is 1. The lowest BCUT2D eigenvalue weighted by molar-refractivity contribution is -0.158. The summed E-state index contributed by atoms with van der Waals surface area (Å²) in [6, 6.07) is 0. The van der Waals surface area contributed by atoms with Gasteiger partial charge in [0.1, 0.15) is 12.3 Å². The van der Waals surface area contributed by atoms with Crippen molar-refractivity contribution in [2.24, 2.45) is 0 Å². The molecule has 1 aliphatic heterocycles. The Bertz CT molecular complexity index is 1140. The van der Waals surface area contributed by atoms with E-state index in [9.17, 15) is 14.3 Å². The first-order valence-corrected chi connectivity index (χ1v) is 16.1. The number of halogens is 1. The van der Waals surface area contributed by atoms with E-state index in [1.807, 2.05) is 0 Å². The largest absolute Gasteiger partial charge is 0.458 e. The van der Waals surface area contributed by atoms with Gasteiger partial charge < -0.3 is 20.3 Å². The molecule has 1 fully saturated rings. The van der Waals surface area contributed by atoms with Gasteiger partial charge in [-0.3, -0.25) is 9.36 Å². The number of unbranched alkanes of at least 4 members (excludes halogenated alkanes) is 16. The smallest absolute Gasteiger partial charge is 0.312 e. The number of hydrogen-bond acceptors (Lipinski definition) is 8. The van der Waals surface area contributed by atoms with Gasteiger partial charge in [0.05, 0.1) is 12.9 Å². The molecule has 0 amide bonds. The molecule has 234 valence electrons. The van der Waals surface area contributed by atoms with Gasteiger partial charge >= 0.3 is 12.0 Å². The van der Waals surface area contributed by atoms with E-state index in [0.717, 1.165) is 19.3 Å². The van der Waals surface area contributed by atoms with Crippen molar-refractivity contribution in [1.82, 2.24) is 19.5 Å². The summed E-state index contributed by atoms with van der Waals surface area (Å²) in [6.45, 7) is 1.72. The zero-order valence-corrected chi connectivity index (χ0v) is 25.4. The van der Waals surface area contributed by atoms with E-state index < -0.39 is 30.6 Å². The summed E-state index contributed by atoms with van der Waals surface area (Å²) in [4.78, 5) is 24.0. The van der Waals surface area contributed by atoms with E-state index in [0.29, 0.717) is 0 Å². The number of aliphatic hydroxyl groups excluding tert-OH is 1. The van der Waals surface area contributed by atoms with Crippen molar-refractivity contribution in [3.05, 3.63) is 12.4 Å². The van der Waals surface area contributed by atoms with E-state index >= 15 is 0 Å². The molecule has 0 saturated carbocycles. The van der Waals surface area contributed by atoms with Crippen LogP contribution >= 0.6 is 0 Å². The molecule has 42 heavy (non-hydrogen) atoms. The first-order chi connectivity index (χ1) is 20.4. The normalized spacial score (nSPS) is 20.2. The maximum absolute atomic E-state index is 13.8. The van der Waals surface area contributed by atoms with Crippen LogP contribution in [0.15, 0.2) is 6.33 Å². The summed E-state index contributed by atoms with van der Waals surface area (Å²) in [7, 11) is 0. The van der Waals surface area contributed by atoms with E-state index in [2.05, 4.69) is 27.8 Å². The number of aliphatic hydroxyl groups is 1. The monoisotopic (exact) mass is 587 g/mol. The van der Waals surface area contributed by atoms with Crippen LogP contribution in [0.2, 0.25) is 0 Å². The Morgan fingerprint density at radius 2 is 1.60 bits per heavy atom. The number of nitrogens with zero attached hydrogens (tertiary/aromatic N) is 4. The topological polar surface area (TPSA) is 125 Å². The third-order valence-electron chi connectivity index (χ3n) is 8.25. The number of hydrogen-bond donors (Lipinski definition) is 2. The zero-order valence-electron chi connectivity index (χ0n) is 25.4. The third kappa shape index (κ3) is 9.91. The Morgan fingerprint density at radius 3 is 2.12 bits per heavy atom. The SMILES string of the molecule is C#C[C@]1(CO)O[C@@H](n2cnc3c(N)nc(F)nc32)C[C@@H]1OC(=O)CCCCCCCCCCCCCCCCCCC. The fourth-order valence-electron chi connectivity index (χ4n) is 5.70. The molecule has 0 radical (unpaired) electrons. The molecule has 2 aromatic rings. The number of esters is 1. The van der Waals surface area contributed by atoms with Crippen molar-refractivity contribution < 1.29 is 23.8 Å². The fraction of sp³-hybridized carbons (Fsp3) is 0.750. The quantitative estimate of drug-likeness (QED) is 0.0708. The molecular weight excluding hydrogens is 537 g/mol. The predicted molar refractivity (Wildman–Crippen MR) is 162 cm³/mol. The summed E-state index contributed by atoms with van der Waals surface area (Å²) in [5.41, 5.74) is 4.58. The molecule has 0 spiro atoms. The molecule has 1 aliphatic rings. The Morgan fingerprint density at radius 1 is 1.05 bits per heavy atom. The van der Waals surface area contributed by atoms with Crippen LogP contribution in [0.5, 0.6) is 0 Å². The van der Waals surface area contributed by atoms with Crippen LogP contribution in [0.1, 0.15) is 135 Å². The molecule has 0 bridgehead atoms. The lowest BCUT2D eigenvalue weighted by Gasteiger charge is -2.26. The van der Waals surface area contributed by atoms with Gasteiger partial charge in [0.15, 0.2) is 22.6 Å². The van der Waals surface area contributed by atoms with Crippen LogP contribution in [-0.4, -0.2) is 48.9 Å². The Balaban J connectivity index is 1.28. The summed E-state index contributed by atoms with van der Waals surface area (Å²) < 4.78 is 26.9. The maximum atomic E-state index is 13.8. The molecule has 0 aliphatic carbocycles. The predicted octanol–water partition coefficient (Wildman–Crippen LogP) is 6.78.